The SMILES string of the molecule is CCc1cccc(NC(C)c2ccc(OC)c(Br)c2)c1. The smallest absolute Gasteiger partial charge is 0.133 e. The molecule has 0 aromatic heterocycles. The molecule has 2 nitrogen and oxygen atoms in total. The van der Waals surface area contributed by atoms with Crippen LogP contribution < -0.4 is 10.1 Å². The zero-order valence-corrected chi connectivity index (χ0v) is 13.7. The molecule has 1 unspecified atom stereocenters. The molecule has 0 radical (unpaired) electrons. The zero-order valence-electron chi connectivity index (χ0n) is 12.1. The van der Waals surface area contributed by atoms with Crippen LogP contribution in [0.1, 0.15) is 31.0 Å². The summed E-state index contributed by atoms with van der Waals surface area (Å²) in [4.78, 5) is 0. The van der Waals surface area contributed by atoms with Crippen LogP contribution in [0, 0.1) is 0 Å². The Labute approximate surface area is 129 Å². The van der Waals surface area contributed by atoms with E-state index in [-0.39, 0.29) is 6.04 Å². The van der Waals surface area contributed by atoms with Crippen LogP contribution in [0.15, 0.2) is 46.9 Å². The molecule has 2 aromatic rings. The lowest BCUT2D eigenvalue weighted by Crippen LogP contribution is -2.07. The van der Waals surface area contributed by atoms with Gasteiger partial charge in [-0.1, -0.05) is 25.1 Å². The highest BCUT2D eigenvalue weighted by atomic mass is 79.9. The van der Waals surface area contributed by atoms with E-state index >= 15 is 0 Å². The average molecular weight is 334 g/mol. The lowest BCUT2D eigenvalue weighted by molar-refractivity contribution is 0.412. The van der Waals surface area contributed by atoms with E-state index < -0.39 is 0 Å². The largest absolute Gasteiger partial charge is 0.496 e. The zero-order chi connectivity index (χ0) is 14.5. The second kappa shape index (κ2) is 6.80. The molecule has 1 atom stereocenters. The molecular formula is C17H20BrNO. The Bertz CT molecular complexity index is 583. The van der Waals surface area contributed by atoms with Gasteiger partial charge in [-0.3, -0.25) is 0 Å². The van der Waals surface area contributed by atoms with E-state index in [4.69, 9.17) is 4.74 Å². The number of anilines is 1. The third kappa shape index (κ3) is 3.54. The summed E-state index contributed by atoms with van der Waals surface area (Å²) in [5, 5.41) is 3.54. The molecule has 3 heteroatoms. The van der Waals surface area contributed by atoms with Gasteiger partial charge >= 0.3 is 0 Å². The van der Waals surface area contributed by atoms with Crippen LogP contribution in [-0.4, -0.2) is 7.11 Å². The Kier molecular flexibility index (Phi) is 5.07. The fourth-order valence-corrected chi connectivity index (χ4v) is 2.72. The Balaban J connectivity index is 2.14. The van der Waals surface area contributed by atoms with Gasteiger partial charge in [-0.2, -0.15) is 0 Å². The number of halogens is 1. The molecule has 0 aliphatic heterocycles. The van der Waals surface area contributed by atoms with Crippen molar-refractivity contribution in [3.8, 4) is 5.75 Å². The van der Waals surface area contributed by atoms with Gasteiger partial charge in [-0.15, -0.1) is 0 Å². The van der Waals surface area contributed by atoms with E-state index in [0.717, 1.165) is 22.3 Å². The Morgan fingerprint density at radius 3 is 2.65 bits per heavy atom. The van der Waals surface area contributed by atoms with Gasteiger partial charge < -0.3 is 10.1 Å². The van der Waals surface area contributed by atoms with Gasteiger partial charge in [-0.25, -0.2) is 0 Å². The van der Waals surface area contributed by atoms with Gasteiger partial charge in [0.05, 0.1) is 11.6 Å². The molecular weight excluding hydrogens is 314 g/mol. The minimum atomic E-state index is 0.240. The lowest BCUT2D eigenvalue weighted by Gasteiger charge is -2.17. The number of hydrogen-bond donors (Lipinski definition) is 1. The summed E-state index contributed by atoms with van der Waals surface area (Å²) >= 11 is 3.53. The van der Waals surface area contributed by atoms with E-state index in [1.807, 2.05) is 6.07 Å². The van der Waals surface area contributed by atoms with Crippen molar-refractivity contribution in [1.82, 2.24) is 0 Å². The van der Waals surface area contributed by atoms with Crippen molar-refractivity contribution in [2.24, 2.45) is 0 Å². The number of aryl methyl sites for hydroxylation is 1. The van der Waals surface area contributed by atoms with Crippen molar-refractivity contribution in [3.05, 3.63) is 58.1 Å². The van der Waals surface area contributed by atoms with Crippen LogP contribution in [0.4, 0.5) is 5.69 Å². The second-order valence-corrected chi connectivity index (χ2v) is 5.67. The standard InChI is InChI=1S/C17H20BrNO/c1-4-13-6-5-7-15(10-13)19-12(2)14-8-9-17(20-3)16(18)11-14/h5-12,19H,4H2,1-3H3. The van der Waals surface area contributed by atoms with Crippen molar-refractivity contribution in [3.63, 3.8) is 0 Å². The predicted octanol–water partition coefficient (Wildman–Crippen LogP) is 5.19. The summed E-state index contributed by atoms with van der Waals surface area (Å²) < 4.78 is 6.24. The molecule has 0 aliphatic rings. The molecule has 0 saturated heterocycles. The highest BCUT2D eigenvalue weighted by Crippen LogP contribution is 2.29. The molecule has 0 aliphatic carbocycles. The number of benzene rings is 2. The van der Waals surface area contributed by atoms with Gasteiger partial charge in [0.25, 0.3) is 0 Å². The topological polar surface area (TPSA) is 21.3 Å². The molecule has 1 N–H and O–H groups in total. The van der Waals surface area contributed by atoms with E-state index in [0.29, 0.717) is 0 Å². The lowest BCUT2D eigenvalue weighted by atomic mass is 10.1. The van der Waals surface area contributed by atoms with Crippen LogP contribution in [0.5, 0.6) is 5.75 Å². The first-order valence-corrected chi connectivity index (χ1v) is 7.62. The number of rotatable bonds is 5. The maximum atomic E-state index is 5.26. The number of methoxy groups -OCH3 is 1. The van der Waals surface area contributed by atoms with Gasteiger partial charge in [0, 0.05) is 11.7 Å². The number of nitrogens with one attached hydrogen (secondary N) is 1. The van der Waals surface area contributed by atoms with E-state index in [1.165, 1.54) is 11.1 Å². The van der Waals surface area contributed by atoms with Crippen molar-refractivity contribution in [2.45, 2.75) is 26.3 Å². The molecule has 20 heavy (non-hydrogen) atoms. The quantitative estimate of drug-likeness (QED) is 0.812. The van der Waals surface area contributed by atoms with Crippen molar-refractivity contribution in [1.29, 1.82) is 0 Å². The first-order valence-electron chi connectivity index (χ1n) is 6.83. The van der Waals surface area contributed by atoms with Gasteiger partial charge in [-0.05, 0) is 64.7 Å². The number of ether oxygens (including phenoxy) is 1. The maximum Gasteiger partial charge on any atom is 0.133 e. The summed E-state index contributed by atoms with van der Waals surface area (Å²) in [6.45, 7) is 4.33. The third-order valence-corrected chi connectivity index (χ3v) is 4.01. The van der Waals surface area contributed by atoms with E-state index in [1.54, 1.807) is 7.11 Å². The van der Waals surface area contributed by atoms with Crippen LogP contribution in [0.3, 0.4) is 0 Å². The van der Waals surface area contributed by atoms with E-state index in [2.05, 4.69) is 71.5 Å². The van der Waals surface area contributed by atoms with Gasteiger partial charge in [0.15, 0.2) is 0 Å². The summed E-state index contributed by atoms with van der Waals surface area (Å²) in [6, 6.07) is 15.0. The highest BCUT2D eigenvalue weighted by molar-refractivity contribution is 9.10. The van der Waals surface area contributed by atoms with Gasteiger partial charge in [0.1, 0.15) is 5.75 Å². The molecule has 0 fully saturated rings. The first-order chi connectivity index (χ1) is 9.63. The molecule has 2 aromatic carbocycles. The summed E-state index contributed by atoms with van der Waals surface area (Å²) in [5.41, 5.74) is 3.72. The molecule has 106 valence electrons. The van der Waals surface area contributed by atoms with Crippen molar-refractivity contribution >= 4 is 21.6 Å². The number of hydrogen-bond acceptors (Lipinski definition) is 2. The first kappa shape index (κ1) is 14.9. The molecule has 0 amide bonds. The Morgan fingerprint density at radius 2 is 2.00 bits per heavy atom. The average Bonchev–Trinajstić information content (AvgIpc) is 2.47. The summed E-state index contributed by atoms with van der Waals surface area (Å²) in [7, 11) is 1.68. The minimum absolute atomic E-state index is 0.240. The monoisotopic (exact) mass is 333 g/mol. The van der Waals surface area contributed by atoms with E-state index in [9.17, 15) is 0 Å². The molecule has 2 rings (SSSR count). The molecule has 0 bridgehead atoms. The Morgan fingerprint density at radius 1 is 1.20 bits per heavy atom. The third-order valence-electron chi connectivity index (χ3n) is 3.39. The van der Waals surface area contributed by atoms with Crippen molar-refractivity contribution < 1.29 is 4.74 Å². The van der Waals surface area contributed by atoms with Gasteiger partial charge in [0.2, 0.25) is 0 Å². The van der Waals surface area contributed by atoms with Crippen molar-refractivity contribution in [2.75, 3.05) is 12.4 Å². The van der Waals surface area contributed by atoms with Crippen LogP contribution in [0.2, 0.25) is 0 Å². The fraction of sp³-hybridized carbons (Fsp3) is 0.294. The molecule has 0 heterocycles. The predicted molar refractivity (Wildman–Crippen MR) is 88.6 cm³/mol. The van der Waals surface area contributed by atoms with Crippen LogP contribution in [0.25, 0.3) is 0 Å². The summed E-state index contributed by atoms with van der Waals surface area (Å²) in [6.07, 6.45) is 1.05. The fourth-order valence-electron chi connectivity index (χ4n) is 2.17. The normalized spacial score (nSPS) is 12.0. The molecule has 0 spiro atoms. The highest BCUT2D eigenvalue weighted by Gasteiger charge is 2.08. The Hall–Kier alpha value is -1.48. The summed E-state index contributed by atoms with van der Waals surface area (Å²) in [5.74, 6) is 0.855. The molecule has 0 saturated carbocycles. The van der Waals surface area contributed by atoms with Crippen LogP contribution >= 0.6 is 15.9 Å². The maximum absolute atomic E-state index is 5.26. The minimum Gasteiger partial charge on any atom is -0.496 e. The van der Waals surface area contributed by atoms with Crippen LogP contribution in [-0.2, 0) is 6.42 Å². The second-order valence-electron chi connectivity index (χ2n) is 4.81.